The summed E-state index contributed by atoms with van der Waals surface area (Å²) < 4.78 is 39.9. The second kappa shape index (κ2) is 5.67. The minimum Gasteiger partial charge on any atom is -0.320 e. The molecule has 0 spiro atoms. The van der Waals surface area contributed by atoms with E-state index in [4.69, 9.17) is 5.73 Å². The van der Waals surface area contributed by atoms with Gasteiger partial charge in [-0.3, -0.25) is 0 Å². The molecule has 0 aliphatic rings. The first-order valence-electron chi connectivity index (χ1n) is 6.40. The van der Waals surface area contributed by atoms with Crippen molar-refractivity contribution in [1.29, 1.82) is 0 Å². The van der Waals surface area contributed by atoms with E-state index in [2.05, 4.69) is 13.8 Å². The Balaban J connectivity index is 2.36. The van der Waals surface area contributed by atoms with Crippen LogP contribution in [-0.4, -0.2) is 0 Å². The third-order valence-corrected chi connectivity index (χ3v) is 3.36. The number of hydrogen-bond donors (Lipinski definition) is 1. The molecule has 2 aromatic carbocycles. The summed E-state index contributed by atoms with van der Waals surface area (Å²) in [6.45, 7) is 4.12. The quantitative estimate of drug-likeness (QED) is 0.834. The van der Waals surface area contributed by atoms with Gasteiger partial charge in [-0.15, -0.1) is 0 Å². The maximum atomic E-state index is 13.7. The van der Waals surface area contributed by atoms with Crippen molar-refractivity contribution in [1.82, 2.24) is 0 Å². The molecule has 0 amide bonds. The van der Waals surface area contributed by atoms with E-state index < -0.39 is 23.5 Å². The summed E-state index contributed by atoms with van der Waals surface area (Å²) in [5, 5.41) is 0. The van der Waals surface area contributed by atoms with Crippen LogP contribution in [0.25, 0.3) is 0 Å². The molecule has 1 atom stereocenters. The van der Waals surface area contributed by atoms with E-state index in [0.717, 1.165) is 11.6 Å². The van der Waals surface area contributed by atoms with Crippen LogP contribution >= 0.6 is 0 Å². The third kappa shape index (κ3) is 2.70. The van der Waals surface area contributed by atoms with E-state index in [1.54, 1.807) is 12.1 Å². The van der Waals surface area contributed by atoms with Crippen molar-refractivity contribution in [3.8, 4) is 0 Å². The zero-order valence-corrected chi connectivity index (χ0v) is 11.3. The lowest BCUT2D eigenvalue weighted by Gasteiger charge is -2.15. The molecule has 0 heterocycles. The number of benzene rings is 2. The van der Waals surface area contributed by atoms with Gasteiger partial charge in [0.05, 0.1) is 6.04 Å². The van der Waals surface area contributed by atoms with Crippen LogP contribution in [0.4, 0.5) is 13.2 Å². The molecule has 0 radical (unpaired) electrons. The Hall–Kier alpha value is -1.81. The first-order chi connectivity index (χ1) is 9.41. The van der Waals surface area contributed by atoms with Gasteiger partial charge < -0.3 is 5.73 Å². The Labute approximate surface area is 116 Å². The van der Waals surface area contributed by atoms with Gasteiger partial charge >= 0.3 is 0 Å². The van der Waals surface area contributed by atoms with E-state index in [-0.39, 0.29) is 5.56 Å². The SMILES string of the molecule is CC(C)c1ccc(C(N)c2ccc(F)c(F)c2F)cc1. The molecule has 0 saturated heterocycles. The zero-order chi connectivity index (χ0) is 14.9. The first kappa shape index (κ1) is 14.6. The molecule has 0 aliphatic carbocycles. The lowest BCUT2D eigenvalue weighted by molar-refractivity contribution is 0.438. The Morgan fingerprint density at radius 3 is 1.90 bits per heavy atom. The summed E-state index contributed by atoms with van der Waals surface area (Å²) in [7, 11) is 0. The molecule has 4 heteroatoms. The maximum absolute atomic E-state index is 13.7. The molecule has 2 rings (SSSR count). The zero-order valence-electron chi connectivity index (χ0n) is 11.3. The molecule has 0 bridgehead atoms. The van der Waals surface area contributed by atoms with Gasteiger partial charge in [-0.2, -0.15) is 0 Å². The standard InChI is InChI=1S/C16H16F3N/c1-9(2)10-3-5-11(6-4-10)16(20)12-7-8-13(17)15(19)14(12)18/h3-9,16H,20H2,1-2H3. The van der Waals surface area contributed by atoms with Crippen molar-refractivity contribution in [2.24, 2.45) is 5.73 Å². The fraction of sp³-hybridized carbons (Fsp3) is 0.250. The van der Waals surface area contributed by atoms with E-state index in [9.17, 15) is 13.2 Å². The normalized spacial score (nSPS) is 12.8. The number of hydrogen-bond acceptors (Lipinski definition) is 1. The molecule has 0 saturated carbocycles. The Kier molecular flexibility index (Phi) is 4.14. The topological polar surface area (TPSA) is 26.0 Å². The van der Waals surface area contributed by atoms with Gasteiger partial charge in [-0.05, 0) is 23.1 Å². The minimum atomic E-state index is -1.49. The van der Waals surface area contributed by atoms with Crippen molar-refractivity contribution in [2.45, 2.75) is 25.8 Å². The molecule has 2 aromatic rings. The van der Waals surface area contributed by atoms with Crippen LogP contribution < -0.4 is 5.73 Å². The molecular formula is C16H16F3N. The summed E-state index contributed by atoms with van der Waals surface area (Å²) >= 11 is 0. The molecule has 1 unspecified atom stereocenters. The van der Waals surface area contributed by atoms with Crippen molar-refractivity contribution < 1.29 is 13.2 Å². The van der Waals surface area contributed by atoms with Crippen LogP contribution in [0.2, 0.25) is 0 Å². The van der Waals surface area contributed by atoms with Gasteiger partial charge in [0.15, 0.2) is 17.5 Å². The van der Waals surface area contributed by atoms with Crippen LogP contribution in [0, 0.1) is 17.5 Å². The van der Waals surface area contributed by atoms with Crippen molar-refractivity contribution >= 4 is 0 Å². The summed E-state index contributed by atoms with van der Waals surface area (Å²) in [6, 6.07) is 8.59. The monoisotopic (exact) mass is 279 g/mol. The maximum Gasteiger partial charge on any atom is 0.194 e. The summed E-state index contributed by atoms with van der Waals surface area (Å²) in [5.74, 6) is -3.56. The smallest absolute Gasteiger partial charge is 0.194 e. The Morgan fingerprint density at radius 2 is 1.35 bits per heavy atom. The highest BCUT2D eigenvalue weighted by atomic mass is 19.2. The van der Waals surface area contributed by atoms with Gasteiger partial charge in [0.1, 0.15) is 0 Å². The van der Waals surface area contributed by atoms with Gasteiger partial charge in [-0.25, -0.2) is 13.2 Å². The van der Waals surface area contributed by atoms with Crippen LogP contribution in [-0.2, 0) is 0 Å². The second-order valence-electron chi connectivity index (χ2n) is 5.06. The molecule has 0 fully saturated rings. The highest BCUT2D eigenvalue weighted by molar-refractivity contribution is 5.35. The van der Waals surface area contributed by atoms with Gasteiger partial charge in [-0.1, -0.05) is 44.2 Å². The fourth-order valence-electron chi connectivity index (χ4n) is 2.05. The largest absolute Gasteiger partial charge is 0.320 e. The summed E-state index contributed by atoms with van der Waals surface area (Å²) in [4.78, 5) is 0. The van der Waals surface area contributed by atoms with E-state index in [1.165, 1.54) is 6.07 Å². The highest BCUT2D eigenvalue weighted by Crippen LogP contribution is 2.26. The average molecular weight is 279 g/mol. The van der Waals surface area contributed by atoms with Crippen LogP contribution in [0.15, 0.2) is 36.4 Å². The Morgan fingerprint density at radius 1 is 0.800 bits per heavy atom. The van der Waals surface area contributed by atoms with Crippen molar-refractivity contribution in [3.63, 3.8) is 0 Å². The van der Waals surface area contributed by atoms with Crippen LogP contribution in [0.5, 0.6) is 0 Å². The minimum absolute atomic E-state index is 0.0544. The lowest BCUT2D eigenvalue weighted by atomic mass is 9.95. The first-order valence-corrected chi connectivity index (χ1v) is 6.40. The number of rotatable bonds is 3. The van der Waals surface area contributed by atoms with Crippen molar-refractivity contribution in [3.05, 3.63) is 70.5 Å². The highest BCUT2D eigenvalue weighted by Gasteiger charge is 2.19. The lowest BCUT2D eigenvalue weighted by Crippen LogP contribution is -2.15. The van der Waals surface area contributed by atoms with Gasteiger partial charge in [0.25, 0.3) is 0 Å². The summed E-state index contributed by atoms with van der Waals surface area (Å²) in [5.41, 5.74) is 7.66. The molecule has 0 aromatic heterocycles. The molecule has 0 aliphatic heterocycles. The molecule has 2 N–H and O–H groups in total. The van der Waals surface area contributed by atoms with Gasteiger partial charge in [0, 0.05) is 5.56 Å². The third-order valence-electron chi connectivity index (χ3n) is 3.36. The van der Waals surface area contributed by atoms with E-state index in [0.29, 0.717) is 11.5 Å². The Bertz CT molecular complexity index is 606. The van der Waals surface area contributed by atoms with E-state index in [1.807, 2.05) is 12.1 Å². The summed E-state index contributed by atoms with van der Waals surface area (Å²) in [6.07, 6.45) is 0. The van der Waals surface area contributed by atoms with Crippen molar-refractivity contribution in [2.75, 3.05) is 0 Å². The molecular weight excluding hydrogens is 263 g/mol. The predicted molar refractivity (Wildman–Crippen MR) is 72.9 cm³/mol. The predicted octanol–water partition coefficient (Wildman–Crippen LogP) is 4.28. The molecule has 1 nitrogen and oxygen atoms in total. The second-order valence-corrected chi connectivity index (χ2v) is 5.06. The van der Waals surface area contributed by atoms with Crippen LogP contribution in [0.1, 0.15) is 42.5 Å². The van der Waals surface area contributed by atoms with Crippen LogP contribution in [0.3, 0.4) is 0 Å². The van der Waals surface area contributed by atoms with Gasteiger partial charge in [0.2, 0.25) is 0 Å². The molecule has 20 heavy (non-hydrogen) atoms. The fourth-order valence-corrected chi connectivity index (χ4v) is 2.05. The number of halogens is 3. The molecule has 106 valence electrons. The number of nitrogens with two attached hydrogens (primary N) is 1. The van der Waals surface area contributed by atoms with E-state index >= 15 is 0 Å². The average Bonchev–Trinajstić information content (AvgIpc) is 2.44.